The van der Waals surface area contributed by atoms with Gasteiger partial charge in [-0.15, -0.1) is 0 Å². The Morgan fingerprint density at radius 2 is 2.00 bits per heavy atom. The average molecular weight is 282 g/mol. The molecule has 0 aliphatic carbocycles. The maximum atomic E-state index is 13.3. The SMILES string of the molecule is CN1CCN(CCNc2cc(F)cc([N+](=O)[O-])c2)CC1. The number of nitro benzene ring substituents is 1. The number of rotatable bonds is 5. The lowest BCUT2D eigenvalue weighted by atomic mass is 10.2. The van der Waals surface area contributed by atoms with Crippen LogP contribution in [0.5, 0.6) is 0 Å². The van der Waals surface area contributed by atoms with E-state index in [0.717, 1.165) is 38.8 Å². The minimum absolute atomic E-state index is 0.230. The zero-order valence-electron chi connectivity index (χ0n) is 11.5. The van der Waals surface area contributed by atoms with E-state index in [1.807, 2.05) is 0 Å². The van der Waals surface area contributed by atoms with Gasteiger partial charge in [-0.05, 0) is 13.1 Å². The first-order valence-corrected chi connectivity index (χ1v) is 6.64. The number of nitrogens with zero attached hydrogens (tertiary/aromatic N) is 3. The first-order chi connectivity index (χ1) is 9.54. The number of nitro groups is 1. The quantitative estimate of drug-likeness (QED) is 0.653. The number of nitrogens with one attached hydrogen (secondary N) is 1. The van der Waals surface area contributed by atoms with E-state index in [4.69, 9.17) is 0 Å². The molecule has 0 aromatic heterocycles. The van der Waals surface area contributed by atoms with Gasteiger partial charge in [0.1, 0.15) is 5.82 Å². The van der Waals surface area contributed by atoms with Crippen LogP contribution in [0.1, 0.15) is 0 Å². The molecule has 0 amide bonds. The first-order valence-electron chi connectivity index (χ1n) is 6.64. The highest BCUT2D eigenvalue weighted by Crippen LogP contribution is 2.19. The fourth-order valence-electron chi connectivity index (χ4n) is 2.21. The third-order valence-electron chi connectivity index (χ3n) is 3.45. The van der Waals surface area contributed by atoms with Crippen LogP contribution in [0.25, 0.3) is 0 Å². The van der Waals surface area contributed by atoms with E-state index in [2.05, 4.69) is 22.2 Å². The van der Waals surface area contributed by atoms with Crippen molar-refractivity contribution in [3.8, 4) is 0 Å². The smallest absolute Gasteiger partial charge is 0.274 e. The lowest BCUT2D eigenvalue weighted by molar-refractivity contribution is -0.385. The normalized spacial score (nSPS) is 17.1. The molecule has 2 rings (SSSR count). The van der Waals surface area contributed by atoms with Crippen LogP contribution in [0.2, 0.25) is 0 Å². The molecule has 1 aliphatic rings. The van der Waals surface area contributed by atoms with Crippen LogP contribution >= 0.6 is 0 Å². The average Bonchev–Trinajstić information content (AvgIpc) is 2.40. The minimum atomic E-state index is -0.596. The third kappa shape index (κ3) is 4.14. The molecule has 1 fully saturated rings. The number of likely N-dealkylation sites (N-methyl/N-ethyl adjacent to an activating group) is 1. The standard InChI is InChI=1S/C13H19FN4O2/c1-16-4-6-17(7-5-16)3-2-15-12-8-11(14)9-13(10-12)18(19)20/h8-10,15H,2-7H2,1H3. The van der Waals surface area contributed by atoms with Crippen molar-refractivity contribution in [2.24, 2.45) is 0 Å². The Morgan fingerprint density at radius 3 is 2.65 bits per heavy atom. The summed E-state index contributed by atoms with van der Waals surface area (Å²) in [4.78, 5) is 14.7. The van der Waals surface area contributed by atoms with E-state index in [9.17, 15) is 14.5 Å². The molecule has 110 valence electrons. The summed E-state index contributed by atoms with van der Waals surface area (Å²) in [6.45, 7) is 5.61. The Hall–Kier alpha value is -1.73. The van der Waals surface area contributed by atoms with E-state index in [1.54, 1.807) is 0 Å². The number of benzene rings is 1. The summed E-state index contributed by atoms with van der Waals surface area (Å²) in [6, 6.07) is 3.55. The van der Waals surface area contributed by atoms with Crippen molar-refractivity contribution in [2.75, 3.05) is 51.6 Å². The second-order valence-corrected chi connectivity index (χ2v) is 5.03. The topological polar surface area (TPSA) is 61.6 Å². The van der Waals surface area contributed by atoms with Gasteiger partial charge in [-0.1, -0.05) is 0 Å². The van der Waals surface area contributed by atoms with Crippen molar-refractivity contribution in [3.05, 3.63) is 34.1 Å². The van der Waals surface area contributed by atoms with Gasteiger partial charge in [0.2, 0.25) is 0 Å². The van der Waals surface area contributed by atoms with Gasteiger partial charge >= 0.3 is 0 Å². The number of halogens is 1. The van der Waals surface area contributed by atoms with Crippen LogP contribution in [-0.2, 0) is 0 Å². The van der Waals surface area contributed by atoms with Crippen LogP contribution < -0.4 is 5.32 Å². The lowest BCUT2D eigenvalue weighted by Gasteiger charge is -2.32. The summed E-state index contributed by atoms with van der Waals surface area (Å²) in [5, 5.41) is 13.7. The largest absolute Gasteiger partial charge is 0.383 e. The molecule has 1 N–H and O–H groups in total. The molecule has 7 heteroatoms. The maximum absolute atomic E-state index is 13.3. The monoisotopic (exact) mass is 282 g/mol. The Kier molecular flexibility index (Phi) is 4.86. The number of hydrogen-bond acceptors (Lipinski definition) is 5. The molecular weight excluding hydrogens is 263 g/mol. The number of piperazine rings is 1. The third-order valence-corrected chi connectivity index (χ3v) is 3.45. The van der Waals surface area contributed by atoms with Gasteiger partial charge < -0.3 is 10.2 Å². The van der Waals surface area contributed by atoms with Gasteiger partial charge in [-0.25, -0.2) is 4.39 Å². The molecule has 1 saturated heterocycles. The Bertz CT molecular complexity index is 475. The van der Waals surface area contributed by atoms with Crippen molar-refractivity contribution < 1.29 is 9.31 Å². The summed E-state index contributed by atoms with van der Waals surface area (Å²) >= 11 is 0. The van der Waals surface area contributed by atoms with E-state index in [-0.39, 0.29) is 5.69 Å². The molecule has 0 unspecified atom stereocenters. The van der Waals surface area contributed by atoms with E-state index in [1.165, 1.54) is 12.1 Å². The predicted octanol–water partition coefficient (Wildman–Crippen LogP) is 1.39. The number of non-ortho nitro benzene ring substituents is 1. The molecule has 1 heterocycles. The van der Waals surface area contributed by atoms with Gasteiger partial charge in [0, 0.05) is 51.0 Å². The molecular formula is C13H19FN4O2. The second-order valence-electron chi connectivity index (χ2n) is 5.03. The lowest BCUT2D eigenvalue weighted by Crippen LogP contribution is -2.45. The molecule has 0 spiro atoms. The first kappa shape index (κ1) is 14.7. The zero-order valence-corrected chi connectivity index (χ0v) is 11.5. The van der Waals surface area contributed by atoms with Gasteiger partial charge in [-0.3, -0.25) is 15.0 Å². The van der Waals surface area contributed by atoms with Crippen LogP contribution in [0.4, 0.5) is 15.8 Å². The number of anilines is 1. The summed E-state index contributed by atoms with van der Waals surface area (Å²) in [7, 11) is 2.10. The Morgan fingerprint density at radius 1 is 1.30 bits per heavy atom. The summed E-state index contributed by atoms with van der Waals surface area (Å²) < 4.78 is 13.3. The van der Waals surface area contributed by atoms with Crippen molar-refractivity contribution in [1.82, 2.24) is 9.80 Å². The maximum Gasteiger partial charge on any atom is 0.274 e. The van der Waals surface area contributed by atoms with Crippen LogP contribution in [-0.4, -0.2) is 61.0 Å². The molecule has 20 heavy (non-hydrogen) atoms. The molecule has 1 aliphatic heterocycles. The van der Waals surface area contributed by atoms with Gasteiger partial charge in [-0.2, -0.15) is 0 Å². The molecule has 1 aromatic carbocycles. The van der Waals surface area contributed by atoms with Gasteiger partial charge in [0.05, 0.1) is 11.0 Å². The van der Waals surface area contributed by atoms with Crippen LogP contribution in [0, 0.1) is 15.9 Å². The minimum Gasteiger partial charge on any atom is -0.383 e. The van der Waals surface area contributed by atoms with Crippen molar-refractivity contribution in [3.63, 3.8) is 0 Å². The molecule has 6 nitrogen and oxygen atoms in total. The molecule has 0 radical (unpaired) electrons. The summed E-state index contributed by atoms with van der Waals surface area (Å²) in [6.07, 6.45) is 0. The zero-order chi connectivity index (χ0) is 14.5. The molecule has 0 saturated carbocycles. The number of hydrogen-bond donors (Lipinski definition) is 1. The fraction of sp³-hybridized carbons (Fsp3) is 0.538. The van der Waals surface area contributed by atoms with Crippen LogP contribution in [0.3, 0.4) is 0 Å². The molecule has 0 bridgehead atoms. The van der Waals surface area contributed by atoms with Gasteiger partial charge in [0.15, 0.2) is 0 Å². The highest BCUT2D eigenvalue weighted by atomic mass is 19.1. The Balaban J connectivity index is 1.83. The Labute approximate surface area is 117 Å². The predicted molar refractivity (Wildman–Crippen MR) is 75.5 cm³/mol. The van der Waals surface area contributed by atoms with E-state index < -0.39 is 10.7 Å². The van der Waals surface area contributed by atoms with E-state index >= 15 is 0 Å². The summed E-state index contributed by atoms with van der Waals surface area (Å²) in [5.74, 6) is -0.596. The van der Waals surface area contributed by atoms with Crippen molar-refractivity contribution >= 4 is 11.4 Å². The van der Waals surface area contributed by atoms with Crippen molar-refractivity contribution in [1.29, 1.82) is 0 Å². The molecule has 1 aromatic rings. The van der Waals surface area contributed by atoms with Crippen LogP contribution in [0.15, 0.2) is 18.2 Å². The highest BCUT2D eigenvalue weighted by Gasteiger charge is 2.13. The second kappa shape index (κ2) is 6.62. The highest BCUT2D eigenvalue weighted by molar-refractivity contribution is 5.51. The fourth-order valence-corrected chi connectivity index (χ4v) is 2.21. The van der Waals surface area contributed by atoms with Gasteiger partial charge in [0.25, 0.3) is 5.69 Å². The van der Waals surface area contributed by atoms with E-state index in [0.29, 0.717) is 12.2 Å². The molecule has 0 atom stereocenters. The summed E-state index contributed by atoms with van der Waals surface area (Å²) in [5.41, 5.74) is 0.220. The van der Waals surface area contributed by atoms with Crippen molar-refractivity contribution in [2.45, 2.75) is 0 Å².